The van der Waals surface area contributed by atoms with E-state index in [0.717, 1.165) is 10.1 Å². The van der Waals surface area contributed by atoms with Crippen LogP contribution in [0.25, 0.3) is 10.9 Å². The Balaban J connectivity index is 2.89. The number of para-hydroxylation sites is 1. The maximum Gasteiger partial charge on any atom is 0.286 e. The minimum Gasteiger partial charge on any atom is -0.425 e. The molecule has 0 radical (unpaired) electrons. The fourth-order valence-corrected chi connectivity index (χ4v) is 1.68. The summed E-state index contributed by atoms with van der Waals surface area (Å²) in [6, 6.07) is 9.13. The zero-order valence-electron chi connectivity index (χ0n) is 8.77. The van der Waals surface area contributed by atoms with Crippen molar-refractivity contribution in [1.29, 1.82) is 0 Å². The highest BCUT2D eigenvalue weighted by molar-refractivity contribution is 5.79. The first-order valence-corrected chi connectivity index (χ1v) is 4.95. The van der Waals surface area contributed by atoms with Gasteiger partial charge < -0.3 is 5.21 Å². The molecule has 1 aromatic heterocycles. The Labute approximate surface area is 87.5 Å². The normalized spacial score (nSPS) is 11.1. The van der Waals surface area contributed by atoms with Gasteiger partial charge in [0.05, 0.1) is 5.52 Å². The Hall–Kier alpha value is -1.77. The van der Waals surface area contributed by atoms with Crippen molar-refractivity contribution >= 4 is 10.9 Å². The van der Waals surface area contributed by atoms with Crippen molar-refractivity contribution in [2.75, 3.05) is 0 Å². The molecule has 78 valence electrons. The highest BCUT2D eigenvalue weighted by Gasteiger charge is 2.10. The smallest absolute Gasteiger partial charge is 0.286 e. The summed E-state index contributed by atoms with van der Waals surface area (Å²) in [7, 11) is 0. The standard InChI is InChI=1S/C12H13NO2/c1-8(2)10-7-9-5-3-4-6-11(9)13(15)12(10)14/h3-8,15H,1-2H3. The van der Waals surface area contributed by atoms with Gasteiger partial charge in [-0.05, 0) is 18.1 Å². The summed E-state index contributed by atoms with van der Waals surface area (Å²) >= 11 is 0. The van der Waals surface area contributed by atoms with E-state index in [1.807, 2.05) is 32.0 Å². The van der Waals surface area contributed by atoms with Crippen molar-refractivity contribution in [3.8, 4) is 0 Å². The van der Waals surface area contributed by atoms with E-state index in [1.54, 1.807) is 12.1 Å². The van der Waals surface area contributed by atoms with Crippen molar-refractivity contribution in [3.05, 3.63) is 46.2 Å². The van der Waals surface area contributed by atoms with Gasteiger partial charge in [-0.2, -0.15) is 0 Å². The SMILES string of the molecule is CC(C)c1cc2ccccc2n(O)c1=O. The summed E-state index contributed by atoms with van der Waals surface area (Å²) in [5.74, 6) is 0.112. The molecular formula is C12H13NO2. The third-order valence-electron chi connectivity index (χ3n) is 2.54. The van der Waals surface area contributed by atoms with Gasteiger partial charge in [0.2, 0.25) is 0 Å². The molecule has 15 heavy (non-hydrogen) atoms. The van der Waals surface area contributed by atoms with E-state index in [9.17, 15) is 10.0 Å². The molecule has 2 aromatic rings. The first-order chi connectivity index (χ1) is 7.11. The number of pyridine rings is 1. The molecule has 0 unspecified atom stereocenters. The number of hydrogen-bond donors (Lipinski definition) is 1. The van der Waals surface area contributed by atoms with Crippen LogP contribution in [0.15, 0.2) is 35.1 Å². The average molecular weight is 203 g/mol. The molecule has 0 spiro atoms. The van der Waals surface area contributed by atoms with Gasteiger partial charge in [0.1, 0.15) is 0 Å². The molecule has 1 aromatic carbocycles. The minimum atomic E-state index is -0.330. The second-order valence-electron chi connectivity index (χ2n) is 3.93. The van der Waals surface area contributed by atoms with E-state index < -0.39 is 0 Å². The fraction of sp³-hybridized carbons (Fsp3) is 0.250. The molecular weight excluding hydrogens is 190 g/mol. The van der Waals surface area contributed by atoms with E-state index in [4.69, 9.17) is 0 Å². The van der Waals surface area contributed by atoms with Gasteiger partial charge in [0.15, 0.2) is 0 Å². The monoisotopic (exact) mass is 203 g/mol. The zero-order chi connectivity index (χ0) is 11.0. The highest BCUT2D eigenvalue weighted by atomic mass is 16.5. The van der Waals surface area contributed by atoms with Crippen LogP contribution < -0.4 is 5.56 Å². The molecule has 0 amide bonds. The first-order valence-electron chi connectivity index (χ1n) is 4.95. The first kappa shape index (κ1) is 9.77. The summed E-state index contributed by atoms with van der Waals surface area (Å²) in [6.45, 7) is 3.87. The van der Waals surface area contributed by atoms with Gasteiger partial charge >= 0.3 is 0 Å². The summed E-state index contributed by atoms with van der Waals surface area (Å²) in [4.78, 5) is 11.7. The van der Waals surface area contributed by atoms with Crippen LogP contribution in [0.4, 0.5) is 0 Å². The lowest BCUT2D eigenvalue weighted by atomic mass is 10.0. The van der Waals surface area contributed by atoms with Gasteiger partial charge in [-0.3, -0.25) is 4.79 Å². The van der Waals surface area contributed by atoms with E-state index in [0.29, 0.717) is 11.1 Å². The van der Waals surface area contributed by atoms with Crippen LogP contribution in [0.5, 0.6) is 0 Å². The quantitative estimate of drug-likeness (QED) is 0.723. The Morgan fingerprint density at radius 3 is 2.60 bits per heavy atom. The van der Waals surface area contributed by atoms with Gasteiger partial charge in [-0.25, -0.2) is 0 Å². The molecule has 1 heterocycles. The minimum absolute atomic E-state index is 0.112. The predicted molar refractivity (Wildman–Crippen MR) is 59.5 cm³/mol. The van der Waals surface area contributed by atoms with Gasteiger partial charge in [0, 0.05) is 10.9 Å². The lowest BCUT2D eigenvalue weighted by Gasteiger charge is -2.09. The highest BCUT2D eigenvalue weighted by Crippen LogP contribution is 2.16. The largest absolute Gasteiger partial charge is 0.425 e. The third-order valence-corrected chi connectivity index (χ3v) is 2.54. The Morgan fingerprint density at radius 1 is 1.27 bits per heavy atom. The Morgan fingerprint density at radius 2 is 1.93 bits per heavy atom. The number of nitrogens with zero attached hydrogens (tertiary/aromatic N) is 1. The van der Waals surface area contributed by atoms with Crippen molar-refractivity contribution in [1.82, 2.24) is 4.73 Å². The van der Waals surface area contributed by atoms with Crippen LogP contribution in [-0.2, 0) is 0 Å². The maximum absolute atomic E-state index is 11.7. The number of rotatable bonds is 1. The maximum atomic E-state index is 11.7. The van der Waals surface area contributed by atoms with Crippen LogP contribution in [0.1, 0.15) is 25.3 Å². The van der Waals surface area contributed by atoms with Crippen molar-refractivity contribution in [3.63, 3.8) is 0 Å². The number of aromatic nitrogens is 1. The zero-order valence-corrected chi connectivity index (χ0v) is 8.77. The molecule has 3 nitrogen and oxygen atoms in total. The summed E-state index contributed by atoms with van der Waals surface area (Å²) in [6.07, 6.45) is 0. The van der Waals surface area contributed by atoms with Crippen molar-refractivity contribution in [2.45, 2.75) is 19.8 Å². The second kappa shape index (κ2) is 3.42. The molecule has 0 saturated heterocycles. The summed E-state index contributed by atoms with van der Waals surface area (Å²) < 4.78 is 0.727. The van der Waals surface area contributed by atoms with E-state index >= 15 is 0 Å². The average Bonchev–Trinajstić information content (AvgIpc) is 2.23. The van der Waals surface area contributed by atoms with Crippen LogP contribution >= 0.6 is 0 Å². The number of fused-ring (bicyclic) bond motifs is 1. The number of benzene rings is 1. The van der Waals surface area contributed by atoms with Crippen LogP contribution in [-0.4, -0.2) is 9.94 Å². The van der Waals surface area contributed by atoms with Crippen molar-refractivity contribution < 1.29 is 5.21 Å². The molecule has 0 aliphatic rings. The third kappa shape index (κ3) is 1.50. The molecule has 1 N–H and O–H groups in total. The molecule has 0 aliphatic carbocycles. The van der Waals surface area contributed by atoms with Crippen molar-refractivity contribution in [2.24, 2.45) is 0 Å². The van der Waals surface area contributed by atoms with Gasteiger partial charge in [-0.15, -0.1) is 4.73 Å². The van der Waals surface area contributed by atoms with Crippen LogP contribution in [0, 0.1) is 0 Å². The molecule has 0 saturated carbocycles. The van der Waals surface area contributed by atoms with E-state index in [1.165, 1.54) is 0 Å². The Bertz CT molecular complexity index is 555. The van der Waals surface area contributed by atoms with Gasteiger partial charge in [0.25, 0.3) is 5.56 Å². The molecule has 3 heteroatoms. The van der Waals surface area contributed by atoms with Crippen LogP contribution in [0.2, 0.25) is 0 Å². The van der Waals surface area contributed by atoms with E-state index in [2.05, 4.69) is 0 Å². The topological polar surface area (TPSA) is 42.2 Å². The second-order valence-corrected chi connectivity index (χ2v) is 3.93. The predicted octanol–water partition coefficient (Wildman–Crippen LogP) is 2.36. The molecule has 0 atom stereocenters. The summed E-state index contributed by atoms with van der Waals surface area (Å²) in [5, 5.41) is 10.6. The lowest BCUT2D eigenvalue weighted by Crippen LogP contribution is -2.22. The molecule has 0 aliphatic heterocycles. The van der Waals surface area contributed by atoms with E-state index in [-0.39, 0.29) is 11.5 Å². The van der Waals surface area contributed by atoms with Gasteiger partial charge in [-0.1, -0.05) is 32.0 Å². The molecule has 2 rings (SSSR count). The number of hydrogen-bond acceptors (Lipinski definition) is 2. The Kier molecular flexibility index (Phi) is 2.23. The van der Waals surface area contributed by atoms with Crippen LogP contribution in [0.3, 0.4) is 0 Å². The molecule has 0 fully saturated rings. The fourth-order valence-electron chi connectivity index (χ4n) is 1.68. The molecule has 0 bridgehead atoms. The summed E-state index contributed by atoms with van der Waals surface area (Å²) in [5.41, 5.74) is 0.854. The lowest BCUT2D eigenvalue weighted by molar-refractivity contribution is 0.187.